The molecule has 0 spiro atoms. The van der Waals surface area contributed by atoms with Crippen LogP contribution in [0.4, 0.5) is 11.5 Å². The molecule has 4 aromatic rings. The minimum atomic E-state index is 0.525. The summed E-state index contributed by atoms with van der Waals surface area (Å²) >= 11 is 0. The van der Waals surface area contributed by atoms with Crippen LogP contribution < -0.4 is 0 Å². The van der Waals surface area contributed by atoms with Gasteiger partial charge in [-0.05, 0) is 31.9 Å². The van der Waals surface area contributed by atoms with E-state index < -0.39 is 0 Å². The van der Waals surface area contributed by atoms with Gasteiger partial charge in [0.25, 0.3) is 0 Å². The Balaban J connectivity index is 1.82. The summed E-state index contributed by atoms with van der Waals surface area (Å²) in [5, 5.41) is 27.5. The number of benzene rings is 1. The minimum Gasteiger partial charge on any atom is -0.288 e. The van der Waals surface area contributed by atoms with Crippen LogP contribution in [0.2, 0.25) is 0 Å². The molecule has 3 heterocycles. The van der Waals surface area contributed by atoms with E-state index in [0.717, 1.165) is 33.9 Å². The fourth-order valence-corrected chi connectivity index (χ4v) is 2.85. The molecule has 0 bridgehead atoms. The first-order valence-corrected chi connectivity index (χ1v) is 8.18. The number of hydrogen-bond acceptors (Lipinski definition) is 5. The lowest BCUT2D eigenvalue weighted by Gasteiger charge is -2.00. The highest BCUT2D eigenvalue weighted by molar-refractivity contribution is 5.79. The molecule has 3 aromatic heterocycles. The molecule has 8 nitrogen and oxygen atoms in total. The predicted octanol–water partition coefficient (Wildman–Crippen LogP) is 4.51. The van der Waals surface area contributed by atoms with Crippen molar-refractivity contribution < 1.29 is 0 Å². The standard InChI is InChI=1S/C18H18N8/c1-10(2)15-16(18-24-20-12(4)26(18)25-15)21-23-17-14(11(3)19-22-17)13-8-6-5-7-9-13/h5-9,25H,1H2,2-4H3,(H,19,22). The fourth-order valence-electron chi connectivity index (χ4n) is 2.85. The maximum Gasteiger partial charge on any atom is 0.205 e. The van der Waals surface area contributed by atoms with Crippen molar-refractivity contribution in [2.24, 2.45) is 10.2 Å². The van der Waals surface area contributed by atoms with Crippen LogP contribution in [0.5, 0.6) is 0 Å². The lowest BCUT2D eigenvalue weighted by atomic mass is 10.1. The molecule has 0 aliphatic rings. The van der Waals surface area contributed by atoms with Gasteiger partial charge < -0.3 is 0 Å². The lowest BCUT2D eigenvalue weighted by molar-refractivity contribution is 0.886. The van der Waals surface area contributed by atoms with Gasteiger partial charge in [-0.3, -0.25) is 10.2 Å². The molecule has 0 fully saturated rings. The predicted molar refractivity (Wildman–Crippen MR) is 99.7 cm³/mol. The third-order valence-electron chi connectivity index (χ3n) is 4.16. The van der Waals surface area contributed by atoms with Crippen molar-refractivity contribution in [3.63, 3.8) is 0 Å². The van der Waals surface area contributed by atoms with Crippen molar-refractivity contribution >= 4 is 22.7 Å². The third-order valence-corrected chi connectivity index (χ3v) is 4.16. The molecule has 0 unspecified atom stereocenters. The Morgan fingerprint density at radius 2 is 1.88 bits per heavy atom. The molecule has 0 saturated heterocycles. The first-order valence-electron chi connectivity index (χ1n) is 8.18. The zero-order valence-corrected chi connectivity index (χ0v) is 14.8. The molecule has 0 atom stereocenters. The van der Waals surface area contributed by atoms with Gasteiger partial charge in [0.1, 0.15) is 5.82 Å². The zero-order valence-electron chi connectivity index (χ0n) is 14.8. The molecular weight excluding hydrogens is 328 g/mol. The third kappa shape index (κ3) is 2.52. The topological polar surface area (TPSA) is 99.4 Å². The van der Waals surface area contributed by atoms with Gasteiger partial charge in [0, 0.05) is 5.69 Å². The minimum absolute atomic E-state index is 0.525. The van der Waals surface area contributed by atoms with E-state index in [4.69, 9.17) is 0 Å². The number of aromatic amines is 2. The van der Waals surface area contributed by atoms with Crippen molar-refractivity contribution in [2.45, 2.75) is 20.8 Å². The van der Waals surface area contributed by atoms with Gasteiger partial charge in [0.2, 0.25) is 11.5 Å². The summed E-state index contributed by atoms with van der Waals surface area (Å²) in [6.45, 7) is 9.73. The van der Waals surface area contributed by atoms with Crippen LogP contribution in [0.15, 0.2) is 47.1 Å². The maximum atomic E-state index is 4.43. The molecule has 2 N–H and O–H groups in total. The first kappa shape index (κ1) is 15.9. The normalized spacial score (nSPS) is 11.7. The number of hydrogen-bond donors (Lipinski definition) is 2. The Morgan fingerprint density at radius 3 is 2.62 bits per heavy atom. The maximum absolute atomic E-state index is 4.43. The Hall–Kier alpha value is -3.55. The number of aryl methyl sites for hydroxylation is 2. The van der Waals surface area contributed by atoms with Crippen molar-refractivity contribution in [1.82, 2.24) is 30.0 Å². The Morgan fingerprint density at radius 1 is 1.12 bits per heavy atom. The molecule has 1 aromatic carbocycles. The van der Waals surface area contributed by atoms with Gasteiger partial charge in [-0.2, -0.15) is 5.10 Å². The van der Waals surface area contributed by atoms with Gasteiger partial charge in [-0.1, -0.05) is 36.9 Å². The summed E-state index contributed by atoms with van der Waals surface area (Å²) in [7, 11) is 0. The van der Waals surface area contributed by atoms with Gasteiger partial charge >= 0.3 is 0 Å². The first-order chi connectivity index (χ1) is 12.6. The number of aromatic nitrogens is 6. The molecule has 4 rings (SSSR count). The summed E-state index contributed by atoms with van der Waals surface area (Å²) in [6.07, 6.45) is 0. The van der Waals surface area contributed by atoms with E-state index in [9.17, 15) is 0 Å². The van der Waals surface area contributed by atoms with E-state index in [1.165, 1.54) is 0 Å². The van der Waals surface area contributed by atoms with E-state index in [2.05, 4.69) is 42.3 Å². The molecule has 8 heteroatoms. The van der Waals surface area contributed by atoms with E-state index in [0.29, 0.717) is 17.2 Å². The smallest absolute Gasteiger partial charge is 0.205 e. The van der Waals surface area contributed by atoms with Crippen molar-refractivity contribution in [3.8, 4) is 11.1 Å². The fraction of sp³-hybridized carbons (Fsp3) is 0.167. The van der Waals surface area contributed by atoms with Gasteiger partial charge in [-0.25, -0.2) is 4.52 Å². The highest BCUT2D eigenvalue weighted by Gasteiger charge is 2.17. The van der Waals surface area contributed by atoms with Gasteiger partial charge in [-0.15, -0.1) is 20.4 Å². The molecule has 0 radical (unpaired) electrons. The van der Waals surface area contributed by atoms with Crippen LogP contribution in [-0.4, -0.2) is 30.0 Å². The number of nitrogens with zero attached hydrogens (tertiary/aromatic N) is 6. The van der Waals surface area contributed by atoms with Gasteiger partial charge in [0.15, 0.2) is 5.69 Å². The molecule has 0 saturated carbocycles. The monoisotopic (exact) mass is 346 g/mol. The van der Waals surface area contributed by atoms with Crippen molar-refractivity contribution in [3.05, 3.63) is 54.1 Å². The number of H-pyrrole nitrogens is 2. The molecule has 26 heavy (non-hydrogen) atoms. The van der Waals surface area contributed by atoms with Crippen LogP contribution in [0, 0.1) is 13.8 Å². The SMILES string of the molecule is C=C(C)c1[nH]n2c(C)nnc2c1N=Nc1n[nH]c(C)c1-c1ccccc1. The second-order valence-corrected chi connectivity index (χ2v) is 6.14. The number of azo groups is 1. The summed E-state index contributed by atoms with van der Waals surface area (Å²) in [5.74, 6) is 1.27. The van der Waals surface area contributed by atoms with E-state index >= 15 is 0 Å². The van der Waals surface area contributed by atoms with Crippen LogP contribution in [0.1, 0.15) is 24.1 Å². The summed E-state index contributed by atoms with van der Waals surface area (Å²) in [4.78, 5) is 0. The number of allylic oxidation sites excluding steroid dienone is 1. The van der Waals surface area contributed by atoms with Crippen LogP contribution in [-0.2, 0) is 0 Å². The van der Waals surface area contributed by atoms with Crippen LogP contribution in [0.25, 0.3) is 22.3 Å². The van der Waals surface area contributed by atoms with Crippen molar-refractivity contribution in [1.29, 1.82) is 0 Å². The van der Waals surface area contributed by atoms with E-state index in [-0.39, 0.29) is 0 Å². The molecule has 0 aliphatic heterocycles. The summed E-state index contributed by atoms with van der Waals surface area (Å²) in [5.41, 5.74) is 5.71. The Kier molecular flexibility index (Phi) is 3.72. The lowest BCUT2D eigenvalue weighted by Crippen LogP contribution is -1.89. The number of rotatable bonds is 4. The van der Waals surface area contributed by atoms with Crippen LogP contribution >= 0.6 is 0 Å². The largest absolute Gasteiger partial charge is 0.288 e. The quantitative estimate of drug-likeness (QED) is 0.532. The molecule has 130 valence electrons. The second kappa shape index (κ2) is 6.07. The molecular formula is C18H18N8. The average Bonchev–Trinajstić information content (AvgIpc) is 3.29. The molecule has 0 amide bonds. The Bertz CT molecular complexity index is 1130. The Labute approximate surface area is 149 Å². The summed E-state index contributed by atoms with van der Waals surface area (Å²) in [6, 6.07) is 9.98. The second-order valence-electron chi connectivity index (χ2n) is 6.14. The zero-order chi connectivity index (χ0) is 18.3. The summed E-state index contributed by atoms with van der Waals surface area (Å²) < 4.78 is 1.77. The highest BCUT2D eigenvalue weighted by Crippen LogP contribution is 2.34. The highest BCUT2D eigenvalue weighted by atomic mass is 15.4. The molecule has 0 aliphatic carbocycles. The number of fused-ring (bicyclic) bond motifs is 1. The average molecular weight is 346 g/mol. The van der Waals surface area contributed by atoms with Gasteiger partial charge in [0.05, 0.1) is 11.3 Å². The van der Waals surface area contributed by atoms with E-state index in [1.807, 2.05) is 51.1 Å². The van der Waals surface area contributed by atoms with E-state index in [1.54, 1.807) is 4.52 Å². The number of nitrogens with one attached hydrogen (secondary N) is 2. The van der Waals surface area contributed by atoms with Crippen LogP contribution in [0.3, 0.4) is 0 Å². The van der Waals surface area contributed by atoms with Crippen molar-refractivity contribution in [2.75, 3.05) is 0 Å².